The summed E-state index contributed by atoms with van der Waals surface area (Å²) in [5.41, 5.74) is -0.126. The number of carbonyl (C=O) groups is 1. The number of halogens is 2. The molecule has 4 nitrogen and oxygen atoms in total. The highest BCUT2D eigenvalue weighted by Crippen LogP contribution is 2.33. The fourth-order valence-corrected chi connectivity index (χ4v) is 2.35. The lowest BCUT2D eigenvalue weighted by atomic mass is 9.76. The van der Waals surface area contributed by atoms with Gasteiger partial charge in [0.2, 0.25) is 0 Å². The van der Waals surface area contributed by atoms with Gasteiger partial charge < -0.3 is 10.1 Å². The largest absolute Gasteiger partial charge is 0.465 e. The number of carbonyl (C=O) groups excluding carboxylic acids is 1. The topological polar surface area (TPSA) is 51.2 Å². The van der Waals surface area contributed by atoms with Crippen LogP contribution in [0.5, 0.6) is 0 Å². The van der Waals surface area contributed by atoms with E-state index in [2.05, 4.69) is 10.3 Å². The lowest BCUT2D eigenvalue weighted by Gasteiger charge is -2.34. The van der Waals surface area contributed by atoms with Gasteiger partial charge in [-0.1, -0.05) is 0 Å². The standard InChI is InChI=1S/C13H17FN2O2.ClH/c1-2-18-12(17)13(5-7-15-8-6-13)11-4-3-10(14)9-16-11;/h3-4,9,15H,2,5-8H2,1H3;1H. The first-order valence-electron chi connectivity index (χ1n) is 6.19. The number of pyridine rings is 1. The third-order valence-electron chi connectivity index (χ3n) is 3.34. The predicted molar refractivity (Wildman–Crippen MR) is 71.9 cm³/mol. The Morgan fingerprint density at radius 1 is 1.47 bits per heavy atom. The maximum absolute atomic E-state index is 12.9. The van der Waals surface area contributed by atoms with Crippen LogP contribution in [0.2, 0.25) is 0 Å². The lowest BCUT2D eigenvalue weighted by Crippen LogP contribution is -2.47. The summed E-state index contributed by atoms with van der Waals surface area (Å²) in [4.78, 5) is 16.3. The van der Waals surface area contributed by atoms with Gasteiger partial charge in [-0.15, -0.1) is 12.4 Å². The number of hydrogen-bond donors (Lipinski definition) is 1. The number of rotatable bonds is 3. The minimum Gasteiger partial charge on any atom is -0.465 e. The fraction of sp³-hybridized carbons (Fsp3) is 0.538. The number of nitrogens with zero attached hydrogens (tertiary/aromatic N) is 1. The molecule has 6 heteroatoms. The van der Waals surface area contributed by atoms with Crippen LogP contribution in [0.3, 0.4) is 0 Å². The van der Waals surface area contributed by atoms with Crippen molar-refractivity contribution in [3.8, 4) is 0 Å². The Bertz CT molecular complexity index is 419. The first-order chi connectivity index (χ1) is 8.69. The Labute approximate surface area is 118 Å². The maximum Gasteiger partial charge on any atom is 0.318 e. The van der Waals surface area contributed by atoms with Crippen LogP contribution in [0.1, 0.15) is 25.5 Å². The normalized spacial score (nSPS) is 17.4. The van der Waals surface area contributed by atoms with Gasteiger partial charge in [0.25, 0.3) is 0 Å². The zero-order valence-electron chi connectivity index (χ0n) is 10.8. The van der Waals surface area contributed by atoms with Crippen LogP contribution in [-0.4, -0.2) is 30.6 Å². The van der Waals surface area contributed by atoms with E-state index in [1.165, 1.54) is 6.07 Å². The second kappa shape index (κ2) is 6.82. The summed E-state index contributed by atoms with van der Waals surface area (Å²) in [6, 6.07) is 2.92. The van der Waals surface area contributed by atoms with Crippen molar-refractivity contribution < 1.29 is 13.9 Å². The zero-order valence-corrected chi connectivity index (χ0v) is 11.6. The second-order valence-corrected chi connectivity index (χ2v) is 4.41. The molecule has 0 bridgehead atoms. The van der Waals surface area contributed by atoms with E-state index in [9.17, 15) is 9.18 Å². The molecule has 0 spiro atoms. The van der Waals surface area contributed by atoms with E-state index >= 15 is 0 Å². The molecule has 2 heterocycles. The van der Waals surface area contributed by atoms with Crippen molar-refractivity contribution in [3.05, 3.63) is 29.8 Å². The van der Waals surface area contributed by atoms with Gasteiger partial charge in [-0.05, 0) is 45.0 Å². The third-order valence-corrected chi connectivity index (χ3v) is 3.34. The number of piperidine rings is 1. The van der Waals surface area contributed by atoms with Gasteiger partial charge in [-0.2, -0.15) is 0 Å². The molecular formula is C13H18ClFN2O2. The number of aromatic nitrogens is 1. The molecule has 1 aromatic heterocycles. The summed E-state index contributed by atoms with van der Waals surface area (Å²) in [6.07, 6.45) is 2.41. The van der Waals surface area contributed by atoms with Gasteiger partial charge >= 0.3 is 5.97 Å². The van der Waals surface area contributed by atoms with Crippen molar-refractivity contribution >= 4 is 18.4 Å². The highest BCUT2D eigenvalue weighted by Gasteiger charge is 2.43. The Morgan fingerprint density at radius 2 is 2.16 bits per heavy atom. The van der Waals surface area contributed by atoms with Crippen molar-refractivity contribution in [2.24, 2.45) is 0 Å². The maximum atomic E-state index is 12.9. The van der Waals surface area contributed by atoms with Crippen LogP contribution in [-0.2, 0) is 14.9 Å². The van der Waals surface area contributed by atoms with Gasteiger partial charge in [0.1, 0.15) is 11.2 Å². The molecule has 0 unspecified atom stereocenters. The van der Waals surface area contributed by atoms with Crippen LogP contribution >= 0.6 is 12.4 Å². The average Bonchev–Trinajstić information content (AvgIpc) is 2.40. The quantitative estimate of drug-likeness (QED) is 0.862. The highest BCUT2D eigenvalue weighted by atomic mass is 35.5. The molecule has 2 rings (SSSR count). The summed E-state index contributed by atoms with van der Waals surface area (Å²) in [5, 5.41) is 3.21. The molecular weight excluding hydrogens is 271 g/mol. The first kappa shape index (κ1) is 15.9. The molecule has 1 N–H and O–H groups in total. The van der Waals surface area contributed by atoms with Crippen molar-refractivity contribution in [2.45, 2.75) is 25.2 Å². The van der Waals surface area contributed by atoms with Crippen LogP contribution in [0.15, 0.2) is 18.3 Å². The van der Waals surface area contributed by atoms with E-state index in [1.807, 2.05) is 0 Å². The van der Waals surface area contributed by atoms with E-state index in [4.69, 9.17) is 4.74 Å². The highest BCUT2D eigenvalue weighted by molar-refractivity contribution is 5.85. The molecule has 19 heavy (non-hydrogen) atoms. The summed E-state index contributed by atoms with van der Waals surface area (Å²) in [6.45, 7) is 3.59. The molecule has 1 aromatic rings. The van der Waals surface area contributed by atoms with Crippen LogP contribution in [0.25, 0.3) is 0 Å². The molecule has 0 saturated carbocycles. The van der Waals surface area contributed by atoms with Crippen molar-refractivity contribution in [1.29, 1.82) is 0 Å². The Kier molecular flexibility index (Phi) is 5.69. The van der Waals surface area contributed by atoms with Crippen molar-refractivity contribution in [2.75, 3.05) is 19.7 Å². The molecule has 106 valence electrons. The van der Waals surface area contributed by atoms with E-state index in [-0.39, 0.29) is 18.4 Å². The zero-order chi connectivity index (χ0) is 13.0. The van der Waals surface area contributed by atoms with Crippen molar-refractivity contribution in [3.63, 3.8) is 0 Å². The third kappa shape index (κ3) is 3.22. The van der Waals surface area contributed by atoms with Gasteiger partial charge in [-0.3, -0.25) is 9.78 Å². The van der Waals surface area contributed by atoms with Crippen LogP contribution < -0.4 is 5.32 Å². The second-order valence-electron chi connectivity index (χ2n) is 4.41. The minimum atomic E-state index is -0.727. The predicted octanol–water partition coefficient (Wildman–Crippen LogP) is 1.83. The molecule has 0 atom stereocenters. The Hall–Kier alpha value is -1.20. The number of esters is 1. The molecule has 1 aliphatic rings. The molecule has 1 aliphatic heterocycles. The molecule has 1 saturated heterocycles. The van der Waals surface area contributed by atoms with E-state index in [0.717, 1.165) is 19.3 Å². The Morgan fingerprint density at radius 3 is 2.68 bits per heavy atom. The fourth-order valence-electron chi connectivity index (χ4n) is 2.35. The monoisotopic (exact) mass is 288 g/mol. The summed E-state index contributed by atoms with van der Waals surface area (Å²) in [7, 11) is 0. The van der Waals surface area contributed by atoms with Gasteiger partial charge in [0.05, 0.1) is 18.5 Å². The van der Waals surface area contributed by atoms with E-state index in [1.54, 1.807) is 13.0 Å². The first-order valence-corrected chi connectivity index (χ1v) is 6.19. The summed E-state index contributed by atoms with van der Waals surface area (Å²) >= 11 is 0. The van der Waals surface area contributed by atoms with E-state index in [0.29, 0.717) is 25.1 Å². The lowest BCUT2D eigenvalue weighted by molar-refractivity contribution is -0.151. The van der Waals surface area contributed by atoms with Crippen LogP contribution in [0.4, 0.5) is 4.39 Å². The summed E-state index contributed by atoms with van der Waals surface area (Å²) < 4.78 is 18.1. The SMILES string of the molecule is CCOC(=O)C1(c2ccc(F)cn2)CCNCC1.Cl. The molecule has 0 amide bonds. The van der Waals surface area contributed by atoms with Crippen LogP contribution in [0, 0.1) is 5.82 Å². The molecule has 0 radical (unpaired) electrons. The smallest absolute Gasteiger partial charge is 0.318 e. The molecule has 0 aromatic carbocycles. The van der Waals surface area contributed by atoms with E-state index < -0.39 is 11.2 Å². The molecule has 0 aliphatic carbocycles. The molecule has 1 fully saturated rings. The van der Waals surface area contributed by atoms with Gasteiger partial charge in [0.15, 0.2) is 0 Å². The summed E-state index contributed by atoms with van der Waals surface area (Å²) in [5.74, 6) is -0.655. The number of nitrogens with one attached hydrogen (secondary N) is 1. The Balaban J connectivity index is 0.00000180. The van der Waals surface area contributed by atoms with Crippen molar-refractivity contribution in [1.82, 2.24) is 10.3 Å². The van der Waals surface area contributed by atoms with Gasteiger partial charge in [-0.25, -0.2) is 4.39 Å². The minimum absolute atomic E-state index is 0. The average molecular weight is 289 g/mol. The number of ether oxygens (including phenoxy) is 1. The number of hydrogen-bond acceptors (Lipinski definition) is 4. The van der Waals surface area contributed by atoms with Gasteiger partial charge in [0, 0.05) is 0 Å².